The average molecular weight is 406 g/mol. The van der Waals surface area contributed by atoms with Gasteiger partial charge in [-0.25, -0.2) is 9.97 Å². The Morgan fingerprint density at radius 2 is 2.10 bits per heavy atom. The van der Waals surface area contributed by atoms with E-state index in [-0.39, 0.29) is 11.5 Å². The molecule has 0 spiro atoms. The molecule has 0 unspecified atom stereocenters. The lowest BCUT2D eigenvalue weighted by molar-refractivity contribution is 0.0958. The molecule has 1 aliphatic heterocycles. The van der Waals surface area contributed by atoms with E-state index in [0.29, 0.717) is 17.9 Å². The number of rotatable bonds is 5. The third kappa shape index (κ3) is 3.85. The number of fused-ring (bicyclic) bond motifs is 1. The standard InChI is InChI=1S/C22H26N6O2/c1-4-16-12-28-13-17(25-22(28)26-20(16)29)11-15-7-9-27(10-8-15)19-6-5-18(21(30)23-3)24-14(19)2/h5-7,12-13H,4,8-11H2,1-3H3,(H,23,30)(H,25,26,29). The highest BCUT2D eigenvalue weighted by Crippen LogP contribution is 2.24. The van der Waals surface area contributed by atoms with Crippen molar-refractivity contribution in [3.63, 3.8) is 0 Å². The zero-order valence-electron chi connectivity index (χ0n) is 17.5. The fourth-order valence-corrected chi connectivity index (χ4v) is 3.85. The molecule has 0 atom stereocenters. The maximum atomic E-state index is 12.0. The lowest BCUT2D eigenvalue weighted by atomic mass is 10.0. The fourth-order valence-electron chi connectivity index (χ4n) is 3.85. The van der Waals surface area contributed by atoms with Crippen molar-refractivity contribution >= 4 is 17.4 Å². The molecule has 4 heterocycles. The molecule has 8 nitrogen and oxygen atoms in total. The molecule has 0 bridgehead atoms. The van der Waals surface area contributed by atoms with Gasteiger partial charge in [0, 0.05) is 44.5 Å². The Morgan fingerprint density at radius 1 is 1.27 bits per heavy atom. The molecule has 0 aromatic carbocycles. The lowest BCUT2D eigenvalue weighted by Gasteiger charge is -2.29. The van der Waals surface area contributed by atoms with E-state index >= 15 is 0 Å². The van der Waals surface area contributed by atoms with E-state index in [9.17, 15) is 9.59 Å². The molecule has 0 aliphatic carbocycles. The van der Waals surface area contributed by atoms with Crippen LogP contribution >= 0.6 is 0 Å². The van der Waals surface area contributed by atoms with Gasteiger partial charge in [0.25, 0.3) is 11.5 Å². The normalized spacial score (nSPS) is 14.1. The number of carbonyl (C=O) groups is 1. The van der Waals surface area contributed by atoms with Gasteiger partial charge in [-0.2, -0.15) is 0 Å². The van der Waals surface area contributed by atoms with E-state index in [1.54, 1.807) is 13.1 Å². The Kier molecular flexibility index (Phi) is 5.39. The van der Waals surface area contributed by atoms with E-state index in [2.05, 4.69) is 31.2 Å². The van der Waals surface area contributed by atoms with E-state index < -0.39 is 0 Å². The molecule has 8 heteroatoms. The van der Waals surface area contributed by atoms with Gasteiger partial charge in [-0.1, -0.05) is 18.6 Å². The quantitative estimate of drug-likeness (QED) is 0.632. The Morgan fingerprint density at radius 3 is 2.77 bits per heavy atom. The summed E-state index contributed by atoms with van der Waals surface area (Å²) < 4.78 is 1.90. The van der Waals surface area contributed by atoms with E-state index in [1.807, 2.05) is 36.7 Å². The van der Waals surface area contributed by atoms with Gasteiger partial charge in [0.15, 0.2) is 0 Å². The molecular formula is C22H26N6O2. The zero-order chi connectivity index (χ0) is 21.3. The maximum absolute atomic E-state index is 12.0. The number of hydrogen-bond donors (Lipinski definition) is 2. The van der Waals surface area contributed by atoms with Gasteiger partial charge < -0.3 is 10.2 Å². The molecule has 156 valence electrons. The van der Waals surface area contributed by atoms with Gasteiger partial charge >= 0.3 is 0 Å². The number of imidazole rings is 1. The second kappa shape index (κ2) is 8.14. The summed E-state index contributed by atoms with van der Waals surface area (Å²) >= 11 is 0. The monoisotopic (exact) mass is 406 g/mol. The molecule has 0 saturated heterocycles. The first kappa shape index (κ1) is 19.9. The van der Waals surface area contributed by atoms with Crippen LogP contribution < -0.4 is 15.8 Å². The molecule has 3 aromatic heterocycles. The van der Waals surface area contributed by atoms with Crippen LogP contribution in [-0.2, 0) is 12.8 Å². The van der Waals surface area contributed by atoms with Crippen LogP contribution in [0.5, 0.6) is 0 Å². The van der Waals surface area contributed by atoms with Crippen molar-refractivity contribution in [2.45, 2.75) is 33.1 Å². The number of pyridine rings is 1. The SMILES string of the molecule is CCc1cn2cc(CC3=CCN(c4ccc(C(=O)NC)nc4C)CC3)nc2[nH]c1=O. The van der Waals surface area contributed by atoms with E-state index in [0.717, 1.165) is 48.6 Å². The highest BCUT2D eigenvalue weighted by molar-refractivity contribution is 5.92. The van der Waals surface area contributed by atoms with Crippen LogP contribution in [-0.4, -0.2) is 45.4 Å². The van der Waals surface area contributed by atoms with Crippen molar-refractivity contribution < 1.29 is 4.79 Å². The summed E-state index contributed by atoms with van der Waals surface area (Å²) in [4.78, 5) is 37.9. The summed E-state index contributed by atoms with van der Waals surface area (Å²) in [5.74, 6) is 0.411. The summed E-state index contributed by atoms with van der Waals surface area (Å²) in [7, 11) is 1.60. The van der Waals surface area contributed by atoms with Crippen molar-refractivity contribution in [3.8, 4) is 0 Å². The third-order valence-corrected chi connectivity index (χ3v) is 5.54. The second-order valence-corrected chi connectivity index (χ2v) is 7.54. The van der Waals surface area contributed by atoms with Crippen molar-refractivity contribution in [3.05, 3.63) is 69.2 Å². The summed E-state index contributed by atoms with van der Waals surface area (Å²) in [5, 5.41) is 2.60. The number of amides is 1. The van der Waals surface area contributed by atoms with Gasteiger partial charge in [-0.05, 0) is 31.9 Å². The average Bonchev–Trinajstić information content (AvgIpc) is 3.14. The predicted octanol–water partition coefficient (Wildman–Crippen LogP) is 2.03. The van der Waals surface area contributed by atoms with Crippen LogP contribution in [0.2, 0.25) is 0 Å². The lowest BCUT2D eigenvalue weighted by Crippen LogP contribution is -2.30. The second-order valence-electron chi connectivity index (χ2n) is 7.54. The van der Waals surface area contributed by atoms with Crippen molar-refractivity contribution in [1.29, 1.82) is 0 Å². The molecule has 3 aromatic rings. The molecule has 1 aliphatic rings. The smallest absolute Gasteiger partial charge is 0.269 e. The van der Waals surface area contributed by atoms with E-state index in [1.165, 1.54) is 5.57 Å². The van der Waals surface area contributed by atoms with Crippen LogP contribution in [0.25, 0.3) is 5.78 Å². The van der Waals surface area contributed by atoms with Gasteiger partial charge in [0.05, 0.1) is 17.1 Å². The maximum Gasteiger partial charge on any atom is 0.269 e. The summed E-state index contributed by atoms with van der Waals surface area (Å²) in [6, 6.07) is 3.73. The van der Waals surface area contributed by atoms with Crippen molar-refractivity contribution in [2.75, 3.05) is 25.0 Å². The van der Waals surface area contributed by atoms with Crippen LogP contribution in [0, 0.1) is 6.92 Å². The molecule has 30 heavy (non-hydrogen) atoms. The summed E-state index contributed by atoms with van der Waals surface area (Å²) in [6.07, 6.45) is 8.48. The first-order chi connectivity index (χ1) is 14.5. The fraction of sp³-hybridized carbons (Fsp3) is 0.364. The van der Waals surface area contributed by atoms with Crippen LogP contribution in [0.1, 0.15) is 40.8 Å². The van der Waals surface area contributed by atoms with E-state index in [4.69, 9.17) is 0 Å². The van der Waals surface area contributed by atoms with Crippen LogP contribution in [0.15, 0.2) is 41.0 Å². The van der Waals surface area contributed by atoms with Gasteiger partial charge in [-0.15, -0.1) is 0 Å². The molecule has 4 rings (SSSR count). The van der Waals surface area contributed by atoms with Crippen molar-refractivity contribution in [2.24, 2.45) is 0 Å². The Bertz CT molecular complexity index is 1190. The molecule has 1 amide bonds. The summed E-state index contributed by atoms with van der Waals surface area (Å²) in [5.41, 5.74) is 5.31. The first-order valence-corrected chi connectivity index (χ1v) is 10.2. The summed E-state index contributed by atoms with van der Waals surface area (Å²) in [6.45, 7) is 5.58. The minimum Gasteiger partial charge on any atom is -0.366 e. The number of aromatic nitrogens is 4. The molecule has 2 N–H and O–H groups in total. The Labute approximate surface area is 174 Å². The number of aromatic amines is 1. The van der Waals surface area contributed by atoms with Gasteiger partial charge in [0.2, 0.25) is 5.78 Å². The number of anilines is 1. The third-order valence-electron chi connectivity index (χ3n) is 5.54. The topological polar surface area (TPSA) is 95.4 Å². The largest absolute Gasteiger partial charge is 0.366 e. The Balaban J connectivity index is 1.47. The number of H-pyrrole nitrogens is 1. The molecule has 0 fully saturated rings. The number of nitrogens with zero attached hydrogens (tertiary/aromatic N) is 4. The highest BCUT2D eigenvalue weighted by atomic mass is 16.1. The molecular weight excluding hydrogens is 380 g/mol. The number of aryl methyl sites for hydroxylation is 2. The van der Waals surface area contributed by atoms with Crippen molar-refractivity contribution in [1.82, 2.24) is 24.7 Å². The zero-order valence-corrected chi connectivity index (χ0v) is 17.5. The first-order valence-electron chi connectivity index (χ1n) is 10.2. The minimum absolute atomic E-state index is 0.0684. The Hall–Kier alpha value is -3.42. The number of hydrogen-bond acceptors (Lipinski definition) is 5. The van der Waals surface area contributed by atoms with Crippen LogP contribution in [0.4, 0.5) is 5.69 Å². The predicted molar refractivity (Wildman–Crippen MR) is 116 cm³/mol. The van der Waals surface area contributed by atoms with Gasteiger partial charge in [-0.3, -0.25) is 19.0 Å². The highest BCUT2D eigenvalue weighted by Gasteiger charge is 2.17. The van der Waals surface area contributed by atoms with Gasteiger partial charge in [0.1, 0.15) is 5.69 Å². The minimum atomic E-state index is -0.176. The van der Waals surface area contributed by atoms with Crippen LogP contribution in [0.3, 0.4) is 0 Å². The molecule has 0 saturated carbocycles. The number of nitrogens with one attached hydrogen (secondary N) is 2. The number of carbonyl (C=O) groups excluding carboxylic acids is 1. The molecule has 0 radical (unpaired) electrons.